The van der Waals surface area contributed by atoms with E-state index in [0.29, 0.717) is 33.6 Å². The van der Waals surface area contributed by atoms with E-state index in [2.05, 4.69) is 21.0 Å². The van der Waals surface area contributed by atoms with Gasteiger partial charge in [0.15, 0.2) is 5.69 Å². The summed E-state index contributed by atoms with van der Waals surface area (Å²) in [5.41, 5.74) is 6.37. The number of amides is 2. The van der Waals surface area contributed by atoms with E-state index in [0.717, 1.165) is 5.69 Å². The highest BCUT2D eigenvalue weighted by Gasteiger charge is 2.22. The third-order valence-electron chi connectivity index (χ3n) is 5.34. The van der Waals surface area contributed by atoms with Crippen molar-refractivity contribution in [3.05, 3.63) is 87.1 Å². The lowest BCUT2D eigenvalue weighted by Gasteiger charge is -2.14. The fraction of sp³-hybridized carbons (Fsp3) is 0.208. The molecule has 0 saturated heterocycles. The van der Waals surface area contributed by atoms with Gasteiger partial charge in [0.25, 0.3) is 17.4 Å². The van der Waals surface area contributed by atoms with Crippen LogP contribution in [0, 0.1) is 0 Å². The molecule has 0 aliphatic carbocycles. The van der Waals surface area contributed by atoms with Crippen LogP contribution in [-0.4, -0.2) is 31.4 Å². The Morgan fingerprint density at radius 3 is 2.29 bits per heavy atom. The smallest absolute Gasteiger partial charge is 0.267 e. The second kappa shape index (κ2) is 9.48. The van der Waals surface area contributed by atoms with Gasteiger partial charge >= 0.3 is 0 Å². The average molecular weight is 479 g/mol. The summed E-state index contributed by atoms with van der Waals surface area (Å²) in [6, 6.07) is 13.8. The Labute approximate surface area is 200 Å². The molecule has 2 heterocycles. The first kappa shape index (κ1) is 23.2. The molecular formula is C24H23ClN6O3. The zero-order chi connectivity index (χ0) is 24.4. The monoisotopic (exact) mass is 478 g/mol. The van der Waals surface area contributed by atoms with Crippen molar-refractivity contribution in [1.29, 1.82) is 0 Å². The Hall–Kier alpha value is -3.98. The van der Waals surface area contributed by atoms with Crippen LogP contribution in [0.2, 0.25) is 5.02 Å². The molecular weight excluding hydrogens is 456 g/mol. The van der Waals surface area contributed by atoms with Crippen molar-refractivity contribution in [2.45, 2.75) is 33.2 Å². The zero-order valence-electron chi connectivity index (χ0n) is 18.9. The van der Waals surface area contributed by atoms with Gasteiger partial charge in [0.05, 0.1) is 28.5 Å². The molecule has 0 bridgehead atoms. The van der Waals surface area contributed by atoms with E-state index < -0.39 is 11.8 Å². The number of fused-ring (bicyclic) bond motifs is 1. The van der Waals surface area contributed by atoms with Gasteiger partial charge in [-0.15, -0.1) is 0 Å². The Morgan fingerprint density at radius 1 is 1.00 bits per heavy atom. The molecule has 0 atom stereocenters. The molecule has 10 heteroatoms. The van der Waals surface area contributed by atoms with E-state index in [4.69, 9.17) is 11.6 Å². The minimum Gasteiger partial charge on any atom is -0.267 e. The van der Waals surface area contributed by atoms with Crippen molar-refractivity contribution >= 4 is 34.2 Å². The van der Waals surface area contributed by atoms with Crippen LogP contribution in [0.3, 0.4) is 0 Å². The van der Waals surface area contributed by atoms with Crippen molar-refractivity contribution in [1.82, 2.24) is 30.4 Å². The van der Waals surface area contributed by atoms with Gasteiger partial charge in [0.1, 0.15) is 0 Å². The van der Waals surface area contributed by atoms with Crippen molar-refractivity contribution < 1.29 is 9.59 Å². The second-order valence-corrected chi connectivity index (χ2v) is 8.35. The summed E-state index contributed by atoms with van der Waals surface area (Å²) >= 11 is 5.98. The van der Waals surface area contributed by atoms with Gasteiger partial charge in [-0.25, -0.2) is 9.36 Å². The number of carbonyl (C=O) groups excluding carboxylic acids is 2. The van der Waals surface area contributed by atoms with Gasteiger partial charge < -0.3 is 0 Å². The molecule has 2 amide bonds. The molecule has 0 fully saturated rings. The molecule has 0 saturated carbocycles. The highest BCUT2D eigenvalue weighted by Crippen LogP contribution is 2.24. The van der Waals surface area contributed by atoms with Crippen LogP contribution in [0.5, 0.6) is 0 Å². The highest BCUT2D eigenvalue weighted by atomic mass is 35.5. The molecule has 2 aromatic carbocycles. The van der Waals surface area contributed by atoms with Crippen molar-refractivity contribution in [2.24, 2.45) is 0 Å². The predicted octanol–water partition coefficient (Wildman–Crippen LogP) is 3.45. The molecule has 4 aromatic rings. The molecule has 0 radical (unpaired) electrons. The highest BCUT2D eigenvalue weighted by molar-refractivity contribution is 6.30. The van der Waals surface area contributed by atoms with Crippen LogP contribution in [0.1, 0.15) is 53.2 Å². The average Bonchev–Trinajstić information content (AvgIpc) is 3.29. The molecule has 2 aromatic heterocycles. The van der Waals surface area contributed by atoms with Crippen LogP contribution in [-0.2, 0) is 6.54 Å². The molecule has 9 nitrogen and oxygen atoms in total. The molecule has 4 rings (SSSR count). The largest absolute Gasteiger partial charge is 0.290 e. The standard InChI is InChI=1S/C24H23ClN6O3/c1-4-30-24(34)18-8-6-5-7-17(18)20(29-30)23(33)28-27-22(32)19-13-26-31(21(19)14(2)3)16-11-9-15(25)10-12-16/h5-14H,4H2,1-3H3,(H,27,32)(H,28,33). The van der Waals surface area contributed by atoms with Gasteiger partial charge in [-0.05, 0) is 43.2 Å². The van der Waals surface area contributed by atoms with Gasteiger partial charge in [0.2, 0.25) is 0 Å². The molecule has 34 heavy (non-hydrogen) atoms. The van der Waals surface area contributed by atoms with Gasteiger partial charge in [0, 0.05) is 17.0 Å². The molecule has 174 valence electrons. The summed E-state index contributed by atoms with van der Waals surface area (Å²) in [5, 5.41) is 9.92. The van der Waals surface area contributed by atoms with Gasteiger partial charge in [-0.1, -0.05) is 43.6 Å². The lowest BCUT2D eigenvalue weighted by Crippen LogP contribution is -2.43. The van der Waals surface area contributed by atoms with Gasteiger partial charge in [-0.3, -0.25) is 25.2 Å². The summed E-state index contributed by atoms with van der Waals surface area (Å²) in [5.74, 6) is -1.19. The molecule has 0 unspecified atom stereocenters. The maximum absolute atomic E-state index is 13.0. The normalized spacial score (nSPS) is 11.1. The maximum atomic E-state index is 13.0. The third kappa shape index (κ3) is 4.29. The summed E-state index contributed by atoms with van der Waals surface area (Å²) in [6.07, 6.45) is 1.45. The summed E-state index contributed by atoms with van der Waals surface area (Å²) in [4.78, 5) is 38.4. The minimum atomic E-state index is -0.636. The van der Waals surface area contributed by atoms with Crippen molar-refractivity contribution in [3.8, 4) is 5.69 Å². The fourth-order valence-corrected chi connectivity index (χ4v) is 3.86. The zero-order valence-corrected chi connectivity index (χ0v) is 19.6. The number of carbonyl (C=O) groups is 2. The van der Waals surface area contributed by atoms with Gasteiger partial charge in [-0.2, -0.15) is 10.2 Å². The molecule has 0 aliphatic heterocycles. The number of nitrogens with one attached hydrogen (secondary N) is 2. The van der Waals surface area contributed by atoms with Crippen molar-refractivity contribution in [2.75, 3.05) is 0 Å². The lowest BCUT2D eigenvalue weighted by molar-refractivity contribution is 0.0843. The Bertz CT molecular complexity index is 1440. The number of benzene rings is 2. The van der Waals surface area contributed by atoms with E-state index in [1.54, 1.807) is 48.0 Å². The Balaban J connectivity index is 1.60. The van der Waals surface area contributed by atoms with E-state index in [1.165, 1.54) is 10.9 Å². The number of rotatable bonds is 5. The summed E-state index contributed by atoms with van der Waals surface area (Å²) in [6.45, 7) is 5.96. The van der Waals surface area contributed by atoms with E-state index >= 15 is 0 Å². The lowest BCUT2D eigenvalue weighted by atomic mass is 10.1. The van der Waals surface area contributed by atoms with Crippen LogP contribution >= 0.6 is 11.6 Å². The molecule has 0 spiro atoms. The topological polar surface area (TPSA) is 111 Å². The number of hydrogen-bond acceptors (Lipinski definition) is 5. The van der Waals surface area contributed by atoms with Crippen LogP contribution in [0.4, 0.5) is 0 Å². The number of aromatic nitrogens is 4. The van der Waals surface area contributed by atoms with Crippen LogP contribution in [0.15, 0.2) is 59.5 Å². The maximum Gasteiger partial charge on any atom is 0.290 e. The first-order chi connectivity index (χ1) is 16.3. The predicted molar refractivity (Wildman–Crippen MR) is 129 cm³/mol. The van der Waals surface area contributed by atoms with Crippen LogP contribution in [0.25, 0.3) is 16.5 Å². The minimum absolute atomic E-state index is 0.0339. The molecule has 2 N–H and O–H groups in total. The quantitative estimate of drug-likeness (QED) is 0.427. The van der Waals surface area contributed by atoms with E-state index in [1.807, 2.05) is 26.0 Å². The Morgan fingerprint density at radius 2 is 1.65 bits per heavy atom. The number of hydrogen-bond donors (Lipinski definition) is 2. The first-order valence-electron chi connectivity index (χ1n) is 10.8. The van der Waals surface area contributed by atoms with E-state index in [9.17, 15) is 14.4 Å². The summed E-state index contributed by atoms with van der Waals surface area (Å²) in [7, 11) is 0. The number of hydrazine groups is 1. The third-order valence-corrected chi connectivity index (χ3v) is 5.59. The first-order valence-corrected chi connectivity index (χ1v) is 11.1. The molecule has 0 aliphatic rings. The number of nitrogens with zero attached hydrogens (tertiary/aromatic N) is 4. The second-order valence-electron chi connectivity index (χ2n) is 7.91. The number of halogens is 1. The number of aryl methyl sites for hydroxylation is 1. The Kier molecular flexibility index (Phi) is 6.47. The SMILES string of the molecule is CCn1nc(C(=O)NNC(=O)c2cnn(-c3ccc(Cl)cc3)c2C(C)C)c2ccccc2c1=O. The van der Waals surface area contributed by atoms with Crippen LogP contribution < -0.4 is 16.4 Å². The summed E-state index contributed by atoms with van der Waals surface area (Å²) < 4.78 is 2.88. The van der Waals surface area contributed by atoms with Crippen molar-refractivity contribution in [3.63, 3.8) is 0 Å². The van der Waals surface area contributed by atoms with E-state index in [-0.39, 0.29) is 17.2 Å². The fourth-order valence-electron chi connectivity index (χ4n) is 3.73.